The molecular weight excluding hydrogens is 210 g/mol. The van der Waals surface area contributed by atoms with E-state index in [1.165, 1.54) is 51.4 Å². The van der Waals surface area contributed by atoms with Gasteiger partial charge < -0.3 is 10.1 Å². The van der Waals surface area contributed by atoms with Gasteiger partial charge in [-0.3, -0.25) is 0 Å². The van der Waals surface area contributed by atoms with Crippen molar-refractivity contribution in [3.63, 3.8) is 0 Å². The third kappa shape index (κ3) is 6.85. The quantitative estimate of drug-likeness (QED) is 0.489. The molecule has 0 radical (unpaired) electrons. The number of hydrogen-bond donors (Lipinski definition) is 1. The summed E-state index contributed by atoms with van der Waals surface area (Å²) in [5.41, 5.74) is 0. The smallest absolute Gasteiger partial charge is 0.0590 e. The van der Waals surface area contributed by atoms with Gasteiger partial charge in [0.1, 0.15) is 0 Å². The van der Waals surface area contributed by atoms with E-state index in [9.17, 15) is 0 Å². The van der Waals surface area contributed by atoms with Crippen molar-refractivity contribution in [2.75, 3.05) is 13.7 Å². The van der Waals surface area contributed by atoms with Crippen molar-refractivity contribution in [1.82, 2.24) is 5.32 Å². The number of allylic oxidation sites excluding steroid dienone is 1. The Balaban J connectivity index is 2.07. The second-order valence-corrected chi connectivity index (χ2v) is 5.14. The summed E-state index contributed by atoms with van der Waals surface area (Å²) >= 11 is 0. The number of ether oxygens (including phenoxy) is 1. The molecule has 0 saturated carbocycles. The number of nitrogens with one attached hydrogen (secondary N) is 1. The van der Waals surface area contributed by atoms with Gasteiger partial charge in [0.2, 0.25) is 0 Å². The zero-order valence-corrected chi connectivity index (χ0v) is 11.4. The lowest BCUT2D eigenvalue weighted by Gasteiger charge is -2.26. The Bertz CT molecular complexity index is 187. The van der Waals surface area contributed by atoms with Gasteiger partial charge in [0.15, 0.2) is 0 Å². The van der Waals surface area contributed by atoms with Crippen LogP contribution in [-0.2, 0) is 4.74 Å². The van der Waals surface area contributed by atoms with Crippen LogP contribution in [0, 0.1) is 0 Å². The normalized spacial score (nSPS) is 22.3. The summed E-state index contributed by atoms with van der Waals surface area (Å²) in [5, 5.41) is 3.44. The Morgan fingerprint density at radius 2 is 2.24 bits per heavy atom. The summed E-state index contributed by atoms with van der Waals surface area (Å²) in [4.78, 5) is 0. The van der Waals surface area contributed by atoms with Crippen LogP contribution in [0.2, 0.25) is 0 Å². The first kappa shape index (κ1) is 14.7. The summed E-state index contributed by atoms with van der Waals surface area (Å²) in [6.07, 6.45) is 14.0. The molecule has 2 nitrogen and oxygen atoms in total. The molecule has 1 N–H and O–H groups in total. The average molecular weight is 239 g/mol. The summed E-state index contributed by atoms with van der Waals surface area (Å²) in [6.45, 7) is 4.73. The van der Waals surface area contributed by atoms with Gasteiger partial charge in [-0.05, 0) is 52.0 Å². The number of hydrogen-bond acceptors (Lipinski definition) is 2. The lowest BCUT2D eigenvalue weighted by atomic mass is 9.98. The van der Waals surface area contributed by atoms with Crippen LogP contribution in [0.4, 0.5) is 0 Å². The van der Waals surface area contributed by atoms with E-state index in [4.69, 9.17) is 4.74 Å². The molecule has 100 valence electrons. The van der Waals surface area contributed by atoms with Crippen LogP contribution < -0.4 is 5.32 Å². The largest absolute Gasteiger partial charge is 0.378 e. The third-order valence-electron chi connectivity index (χ3n) is 3.69. The lowest BCUT2D eigenvalue weighted by Crippen LogP contribution is -2.32. The fourth-order valence-corrected chi connectivity index (χ4v) is 2.55. The molecule has 0 aromatic carbocycles. The molecule has 2 unspecified atom stereocenters. The Kier molecular flexibility index (Phi) is 8.37. The standard InChI is InChI=1S/C15H29NO/c1-3-4-5-6-7-10-14(16-2)13-15-11-8-9-12-17-15/h3,14-16H,1,4-13H2,2H3. The maximum Gasteiger partial charge on any atom is 0.0590 e. The monoisotopic (exact) mass is 239 g/mol. The van der Waals surface area contributed by atoms with E-state index in [-0.39, 0.29) is 0 Å². The Hall–Kier alpha value is -0.340. The van der Waals surface area contributed by atoms with Crippen LogP contribution in [0.15, 0.2) is 12.7 Å². The van der Waals surface area contributed by atoms with Gasteiger partial charge in [-0.25, -0.2) is 0 Å². The summed E-state index contributed by atoms with van der Waals surface area (Å²) < 4.78 is 5.80. The molecule has 0 bridgehead atoms. The molecule has 0 amide bonds. The topological polar surface area (TPSA) is 21.3 Å². The highest BCUT2D eigenvalue weighted by molar-refractivity contribution is 4.73. The van der Waals surface area contributed by atoms with Gasteiger partial charge in [-0.1, -0.05) is 18.9 Å². The van der Waals surface area contributed by atoms with Gasteiger partial charge in [0.05, 0.1) is 6.10 Å². The second kappa shape index (κ2) is 9.67. The molecule has 0 aliphatic carbocycles. The van der Waals surface area contributed by atoms with Gasteiger partial charge in [-0.15, -0.1) is 6.58 Å². The molecule has 0 aromatic heterocycles. The Morgan fingerprint density at radius 3 is 2.88 bits per heavy atom. The van der Waals surface area contributed by atoms with Crippen LogP contribution in [0.5, 0.6) is 0 Å². The van der Waals surface area contributed by atoms with Gasteiger partial charge >= 0.3 is 0 Å². The Morgan fingerprint density at radius 1 is 1.35 bits per heavy atom. The molecule has 1 heterocycles. The molecule has 0 spiro atoms. The van der Waals surface area contributed by atoms with E-state index in [1.54, 1.807) is 0 Å². The molecule has 0 aromatic rings. The minimum atomic E-state index is 0.509. The predicted molar refractivity (Wildman–Crippen MR) is 74.3 cm³/mol. The molecule has 1 fully saturated rings. The van der Waals surface area contributed by atoms with Crippen molar-refractivity contribution in [3.05, 3.63) is 12.7 Å². The second-order valence-electron chi connectivity index (χ2n) is 5.14. The zero-order chi connectivity index (χ0) is 12.3. The van der Waals surface area contributed by atoms with E-state index >= 15 is 0 Å². The van der Waals surface area contributed by atoms with Crippen LogP contribution in [0.1, 0.15) is 57.8 Å². The maximum absolute atomic E-state index is 5.80. The predicted octanol–water partition coefficient (Wildman–Crippen LogP) is 3.67. The van der Waals surface area contributed by atoms with Crippen molar-refractivity contribution >= 4 is 0 Å². The number of unbranched alkanes of at least 4 members (excludes halogenated alkanes) is 3. The van der Waals surface area contributed by atoms with Gasteiger partial charge in [0, 0.05) is 12.6 Å². The molecule has 2 atom stereocenters. The van der Waals surface area contributed by atoms with Crippen molar-refractivity contribution in [2.24, 2.45) is 0 Å². The van der Waals surface area contributed by atoms with E-state index in [1.807, 2.05) is 6.08 Å². The van der Waals surface area contributed by atoms with Crippen LogP contribution in [0.3, 0.4) is 0 Å². The fraction of sp³-hybridized carbons (Fsp3) is 0.867. The lowest BCUT2D eigenvalue weighted by molar-refractivity contribution is 0.00503. The molecule has 2 heteroatoms. The van der Waals surface area contributed by atoms with E-state index in [0.29, 0.717) is 12.1 Å². The van der Waals surface area contributed by atoms with E-state index < -0.39 is 0 Å². The minimum absolute atomic E-state index is 0.509. The van der Waals surface area contributed by atoms with Crippen LogP contribution >= 0.6 is 0 Å². The van der Waals surface area contributed by atoms with Gasteiger partial charge in [-0.2, -0.15) is 0 Å². The first-order valence-corrected chi connectivity index (χ1v) is 7.26. The van der Waals surface area contributed by atoms with Crippen molar-refractivity contribution in [3.8, 4) is 0 Å². The molecule has 17 heavy (non-hydrogen) atoms. The third-order valence-corrected chi connectivity index (χ3v) is 3.69. The molecule has 1 aliphatic heterocycles. The maximum atomic E-state index is 5.80. The highest BCUT2D eigenvalue weighted by Crippen LogP contribution is 2.19. The van der Waals surface area contributed by atoms with Gasteiger partial charge in [0.25, 0.3) is 0 Å². The van der Waals surface area contributed by atoms with Crippen molar-refractivity contribution in [2.45, 2.75) is 69.9 Å². The highest BCUT2D eigenvalue weighted by Gasteiger charge is 2.18. The summed E-state index contributed by atoms with van der Waals surface area (Å²) in [6, 6.07) is 0.641. The van der Waals surface area contributed by atoms with Crippen molar-refractivity contribution in [1.29, 1.82) is 0 Å². The summed E-state index contributed by atoms with van der Waals surface area (Å²) in [5.74, 6) is 0. The average Bonchev–Trinajstić information content (AvgIpc) is 2.38. The molecule has 1 aliphatic rings. The van der Waals surface area contributed by atoms with Crippen LogP contribution in [-0.4, -0.2) is 25.8 Å². The summed E-state index contributed by atoms with van der Waals surface area (Å²) in [7, 11) is 2.08. The van der Waals surface area contributed by atoms with Crippen LogP contribution in [0.25, 0.3) is 0 Å². The van der Waals surface area contributed by atoms with Crippen molar-refractivity contribution < 1.29 is 4.74 Å². The number of rotatable bonds is 9. The molecule has 1 rings (SSSR count). The minimum Gasteiger partial charge on any atom is -0.378 e. The fourth-order valence-electron chi connectivity index (χ4n) is 2.55. The Labute approximate surface area is 107 Å². The first-order chi connectivity index (χ1) is 8.36. The SMILES string of the molecule is C=CCCCCCC(CC1CCCCO1)NC. The van der Waals surface area contributed by atoms with E-state index in [0.717, 1.165) is 13.0 Å². The first-order valence-electron chi connectivity index (χ1n) is 7.26. The zero-order valence-electron chi connectivity index (χ0n) is 11.4. The molecule has 1 saturated heterocycles. The highest BCUT2D eigenvalue weighted by atomic mass is 16.5. The van der Waals surface area contributed by atoms with E-state index in [2.05, 4.69) is 18.9 Å². The molecular formula is C15H29NO.